The van der Waals surface area contributed by atoms with Gasteiger partial charge in [0, 0.05) is 10.8 Å². The summed E-state index contributed by atoms with van der Waals surface area (Å²) in [5.74, 6) is -0.614. The first kappa shape index (κ1) is 16.4. The predicted molar refractivity (Wildman–Crippen MR) is 92.1 cm³/mol. The maximum Gasteiger partial charge on any atom is 0.190 e. The first-order chi connectivity index (χ1) is 11.6. The van der Waals surface area contributed by atoms with Gasteiger partial charge in [0.15, 0.2) is 5.41 Å². The minimum Gasteiger partial charge on any atom is -0.305 e. The van der Waals surface area contributed by atoms with Crippen molar-refractivity contribution in [2.24, 2.45) is 23.2 Å². The van der Waals surface area contributed by atoms with E-state index < -0.39 is 11.3 Å². The van der Waals surface area contributed by atoms with Gasteiger partial charge in [0.05, 0.1) is 23.9 Å². The molecule has 0 spiro atoms. The number of hydrogen-bond acceptors (Lipinski definition) is 5. The molecule has 1 N–H and O–H groups in total. The Morgan fingerprint density at radius 3 is 2.62 bits per heavy atom. The Balaban J connectivity index is 2.23. The largest absolute Gasteiger partial charge is 0.305 e. The number of allylic oxidation sites excluding steroid dienone is 2. The fourth-order valence-electron chi connectivity index (χ4n) is 4.21. The third-order valence-electron chi connectivity index (χ3n) is 5.53. The number of thiophene rings is 1. The highest BCUT2D eigenvalue weighted by Gasteiger charge is 2.57. The molecular weight excluding hydrogens is 316 g/mol. The molecule has 4 atom stereocenters. The second kappa shape index (κ2) is 6.23. The van der Waals surface area contributed by atoms with Gasteiger partial charge in [-0.15, -0.1) is 11.3 Å². The van der Waals surface area contributed by atoms with E-state index in [1.54, 1.807) is 0 Å². The lowest BCUT2D eigenvalue weighted by atomic mass is 9.53. The molecule has 0 amide bonds. The van der Waals surface area contributed by atoms with Crippen molar-refractivity contribution in [1.82, 2.24) is 0 Å². The predicted octanol–water partition coefficient (Wildman–Crippen LogP) is 4.40. The van der Waals surface area contributed by atoms with Gasteiger partial charge in [-0.2, -0.15) is 15.8 Å². The second-order valence-corrected chi connectivity index (χ2v) is 7.54. The molecule has 0 aliphatic heterocycles. The van der Waals surface area contributed by atoms with E-state index >= 15 is 0 Å². The molecule has 4 nitrogen and oxygen atoms in total. The SMILES string of the molecule is CC[C@@H]1CC=C2C(C#N)C(=N)C(C#N)(C#N)[C@@H](c3cccs3)[C@H]2C1. The van der Waals surface area contributed by atoms with Crippen molar-refractivity contribution in [2.45, 2.75) is 32.1 Å². The number of fused-ring (bicyclic) bond motifs is 1. The summed E-state index contributed by atoms with van der Waals surface area (Å²) in [6, 6.07) is 10.3. The summed E-state index contributed by atoms with van der Waals surface area (Å²) in [6.07, 6.45) is 4.93. The van der Waals surface area contributed by atoms with E-state index in [0.717, 1.165) is 29.7 Å². The maximum absolute atomic E-state index is 9.87. The van der Waals surface area contributed by atoms with E-state index in [4.69, 9.17) is 5.41 Å². The highest BCUT2D eigenvalue weighted by molar-refractivity contribution is 7.10. The molecule has 1 fully saturated rings. The van der Waals surface area contributed by atoms with Crippen LogP contribution in [-0.4, -0.2) is 5.71 Å². The zero-order chi connectivity index (χ0) is 17.3. The topological polar surface area (TPSA) is 95.2 Å². The van der Waals surface area contributed by atoms with E-state index in [0.29, 0.717) is 5.92 Å². The average Bonchev–Trinajstić information content (AvgIpc) is 3.14. The summed E-state index contributed by atoms with van der Waals surface area (Å²) in [5, 5.41) is 39.8. The van der Waals surface area contributed by atoms with Gasteiger partial charge in [-0.3, -0.25) is 0 Å². The summed E-state index contributed by atoms with van der Waals surface area (Å²) in [5.41, 5.74) is -0.652. The van der Waals surface area contributed by atoms with Crippen molar-refractivity contribution in [3.05, 3.63) is 34.0 Å². The number of nitrogens with zero attached hydrogens (tertiary/aromatic N) is 3. The maximum atomic E-state index is 9.87. The molecule has 1 aromatic heterocycles. The van der Waals surface area contributed by atoms with Crippen LogP contribution in [0.5, 0.6) is 0 Å². The monoisotopic (exact) mass is 334 g/mol. The van der Waals surface area contributed by atoms with E-state index in [1.165, 1.54) is 11.3 Å². The number of hydrogen-bond donors (Lipinski definition) is 1. The van der Waals surface area contributed by atoms with Crippen LogP contribution in [0.3, 0.4) is 0 Å². The third-order valence-corrected chi connectivity index (χ3v) is 6.48. The van der Waals surface area contributed by atoms with Gasteiger partial charge < -0.3 is 5.41 Å². The third kappa shape index (κ3) is 2.19. The van der Waals surface area contributed by atoms with E-state index in [2.05, 4.69) is 31.2 Å². The standard InChI is InChI=1S/C19H18N4S/c1-2-12-5-6-13-14(8-12)17(16-4-3-7-24-16)19(10-21,11-22)18(23)15(13)9-20/h3-4,6-7,12,14-15,17,23H,2,5,8H2,1H3/t12-,14+,15?,17-/m1/s1. The Bertz CT molecular complexity index is 786. The molecular formula is C19H18N4S. The fourth-order valence-corrected chi connectivity index (χ4v) is 5.17. The van der Waals surface area contributed by atoms with Crippen molar-refractivity contribution < 1.29 is 0 Å². The van der Waals surface area contributed by atoms with Crippen LogP contribution in [0, 0.1) is 62.6 Å². The molecule has 1 heterocycles. The number of rotatable bonds is 2. The van der Waals surface area contributed by atoms with Crippen LogP contribution in [0.1, 0.15) is 37.0 Å². The molecule has 0 bridgehead atoms. The van der Waals surface area contributed by atoms with Gasteiger partial charge in [-0.25, -0.2) is 0 Å². The first-order valence-corrected chi connectivity index (χ1v) is 9.05. The normalized spacial score (nSPS) is 31.1. The summed E-state index contributed by atoms with van der Waals surface area (Å²) in [6.45, 7) is 2.15. The van der Waals surface area contributed by atoms with Crippen LogP contribution in [0.2, 0.25) is 0 Å². The van der Waals surface area contributed by atoms with Crippen LogP contribution in [0.25, 0.3) is 0 Å². The van der Waals surface area contributed by atoms with Crippen molar-refractivity contribution in [2.75, 3.05) is 0 Å². The van der Waals surface area contributed by atoms with Crippen molar-refractivity contribution in [3.63, 3.8) is 0 Å². The summed E-state index contributed by atoms with van der Waals surface area (Å²) >= 11 is 1.53. The van der Waals surface area contributed by atoms with Crippen LogP contribution >= 0.6 is 11.3 Å². The lowest BCUT2D eigenvalue weighted by Gasteiger charge is -2.46. The van der Waals surface area contributed by atoms with Crippen LogP contribution in [-0.2, 0) is 0 Å². The molecule has 2 aliphatic carbocycles. The zero-order valence-electron chi connectivity index (χ0n) is 13.5. The molecule has 5 heteroatoms. The summed E-state index contributed by atoms with van der Waals surface area (Å²) in [4.78, 5) is 0.965. The zero-order valence-corrected chi connectivity index (χ0v) is 14.3. The van der Waals surface area contributed by atoms with Gasteiger partial charge >= 0.3 is 0 Å². The lowest BCUT2D eigenvalue weighted by Crippen LogP contribution is -2.49. The highest BCUT2D eigenvalue weighted by Crippen LogP contribution is 2.56. The molecule has 2 aliphatic rings. The van der Waals surface area contributed by atoms with E-state index in [-0.39, 0.29) is 17.5 Å². The fraction of sp³-hybridized carbons (Fsp3) is 0.474. The van der Waals surface area contributed by atoms with E-state index in [1.807, 2.05) is 17.5 Å². The number of nitrogens with one attached hydrogen (secondary N) is 1. The van der Waals surface area contributed by atoms with Gasteiger partial charge in [0.2, 0.25) is 0 Å². The van der Waals surface area contributed by atoms with Crippen molar-refractivity contribution in [3.8, 4) is 18.2 Å². The molecule has 1 unspecified atom stereocenters. The Morgan fingerprint density at radius 2 is 2.08 bits per heavy atom. The Hall–Kier alpha value is -2.42. The minimum absolute atomic E-state index is 0.0135. The van der Waals surface area contributed by atoms with Crippen molar-refractivity contribution >= 4 is 17.0 Å². The highest BCUT2D eigenvalue weighted by atomic mass is 32.1. The smallest absolute Gasteiger partial charge is 0.190 e. The van der Waals surface area contributed by atoms with Gasteiger partial charge in [0.1, 0.15) is 5.92 Å². The van der Waals surface area contributed by atoms with Gasteiger partial charge in [0.25, 0.3) is 0 Å². The molecule has 0 saturated heterocycles. The lowest BCUT2D eigenvalue weighted by molar-refractivity contribution is 0.273. The van der Waals surface area contributed by atoms with Crippen LogP contribution in [0.4, 0.5) is 0 Å². The molecule has 1 saturated carbocycles. The van der Waals surface area contributed by atoms with E-state index in [9.17, 15) is 15.8 Å². The van der Waals surface area contributed by atoms with Crippen LogP contribution < -0.4 is 0 Å². The summed E-state index contributed by atoms with van der Waals surface area (Å²) in [7, 11) is 0. The van der Waals surface area contributed by atoms with Gasteiger partial charge in [-0.05, 0) is 41.7 Å². The Labute approximate surface area is 146 Å². The van der Waals surface area contributed by atoms with Crippen molar-refractivity contribution in [1.29, 1.82) is 21.2 Å². The Morgan fingerprint density at radius 1 is 1.33 bits per heavy atom. The minimum atomic E-state index is -1.55. The first-order valence-electron chi connectivity index (χ1n) is 8.17. The molecule has 1 aromatic rings. The second-order valence-electron chi connectivity index (χ2n) is 6.56. The number of nitriles is 3. The summed E-state index contributed by atoms with van der Waals surface area (Å²) < 4.78 is 0. The average molecular weight is 334 g/mol. The quantitative estimate of drug-likeness (QED) is 0.812. The Kier molecular flexibility index (Phi) is 4.27. The molecule has 0 radical (unpaired) electrons. The molecule has 3 rings (SSSR count). The molecule has 24 heavy (non-hydrogen) atoms. The van der Waals surface area contributed by atoms with Gasteiger partial charge in [-0.1, -0.05) is 25.5 Å². The molecule has 120 valence electrons. The molecule has 0 aromatic carbocycles. The van der Waals surface area contributed by atoms with Crippen LogP contribution in [0.15, 0.2) is 29.2 Å².